The monoisotopic (exact) mass is 235 g/mol. The lowest BCUT2D eigenvalue weighted by Crippen LogP contribution is -2.20. The molecule has 0 aliphatic carbocycles. The normalized spacial score (nSPS) is 13.6. The van der Waals surface area contributed by atoms with Gasteiger partial charge in [-0.15, -0.1) is 0 Å². The van der Waals surface area contributed by atoms with E-state index in [0.29, 0.717) is 18.3 Å². The fraction of sp³-hybridized carbons (Fsp3) is 0.462. The number of unbranched alkanes of at least 4 members (excludes halogenated alkanes) is 1. The zero-order chi connectivity index (χ0) is 12.5. The number of nitrogens with one attached hydrogen (secondary N) is 1. The first-order valence-corrected chi connectivity index (χ1v) is 5.98. The minimum absolute atomic E-state index is 0.307. The summed E-state index contributed by atoms with van der Waals surface area (Å²) in [5.74, 6) is 0.307. The van der Waals surface area contributed by atoms with Gasteiger partial charge in [0.2, 0.25) is 0 Å². The van der Waals surface area contributed by atoms with Crippen molar-refractivity contribution in [2.75, 3.05) is 6.54 Å². The third kappa shape index (κ3) is 5.36. The highest BCUT2D eigenvalue weighted by Gasteiger charge is 2.02. The molecule has 0 heterocycles. The van der Waals surface area contributed by atoms with Gasteiger partial charge in [-0.05, 0) is 31.9 Å². The smallest absolute Gasteiger partial charge is 0.139 e. The van der Waals surface area contributed by atoms with Crippen LogP contribution in [0.15, 0.2) is 35.5 Å². The van der Waals surface area contributed by atoms with Crippen molar-refractivity contribution in [3.05, 3.63) is 35.9 Å². The summed E-state index contributed by atoms with van der Waals surface area (Å²) in [6.45, 7) is 3.09. The predicted octanol–water partition coefficient (Wildman–Crippen LogP) is 2.25. The van der Waals surface area contributed by atoms with E-state index in [4.69, 9.17) is 10.9 Å². The van der Waals surface area contributed by atoms with Crippen LogP contribution in [-0.4, -0.2) is 17.6 Å². The minimum atomic E-state index is 0.307. The first-order valence-electron chi connectivity index (χ1n) is 5.98. The van der Waals surface area contributed by atoms with Crippen LogP contribution in [0, 0.1) is 0 Å². The Morgan fingerprint density at radius 2 is 2.06 bits per heavy atom. The Balaban J connectivity index is 2.15. The number of hydrogen-bond donors (Lipinski definition) is 3. The van der Waals surface area contributed by atoms with Gasteiger partial charge in [-0.1, -0.05) is 35.5 Å². The van der Waals surface area contributed by atoms with E-state index in [-0.39, 0.29) is 0 Å². The number of nitrogens with two attached hydrogens (primary N) is 1. The van der Waals surface area contributed by atoms with E-state index in [1.54, 1.807) is 0 Å². The van der Waals surface area contributed by atoms with Gasteiger partial charge in [0.25, 0.3) is 0 Å². The van der Waals surface area contributed by atoms with Crippen LogP contribution >= 0.6 is 0 Å². The molecule has 0 aromatic heterocycles. The molecule has 17 heavy (non-hydrogen) atoms. The minimum Gasteiger partial charge on any atom is -0.409 e. The first-order chi connectivity index (χ1) is 8.24. The van der Waals surface area contributed by atoms with Gasteiger partial charge in [0, 0.05) is 12.5 Å². The quantitative estimate of drug-likeness (QED) is 0.223. The fourth-order valence-corrected chi connectivity index (χ4v) is 1.66. The van der Waals surface area contributed by atoms with Crippen LogP contribution < -0.4 is 11.1 Å². The lowest BCUT2D eigenvalue weighted by Gasteiger charge is -2.13. The largest absolute Gasteiger partial charge is 0.409 e. The van der Waals surface area contributed by atoms with Crippen LogP contribution in [0.2, 0.25) is 0 Å². The number of oxime groups is 1. The second-order valence-electron chi connectivity index (χ2n) is 4.13. The molecule has 1 unspecified atom stereocenters. The number of amidine groups is 1. The highest BCUT2D eigenvalue weighted by atomic mass is 16.4. The molecule has 0 amide bonds. The maximum absolute atomic E-state index is 8.38. The molecule has 0 spiro atoms. The molecule has 0 saturated heterocycles. The Morgan fingerprint density at radius 3 is 2.71 bits per heavy atom. The first kappa shape index (κ1) is 13.5. The van der Waals surface area contributed by atoms with Crippen molar-refractivity contribution in [2.24, 2.45) is 10.9 Å². The van der Waals surface area contributed by atoms with Crippen LogP contribution in [0.25, 0.3) is 0 Å². The number of nitrogens with zero attached hydrogens (tertiary/aromatic N) is 1. The third-order valence-electron chi connectivity index (χ3n) is 2.74. The second kappa shape index (κ2) is 7.68. The summed E-state index contributed by atoms with van der Waals surface area (Å²) in [5.41, 5.74) is 6.68. The van der Waals surface area contributed by atoms with Crippen LogP contribution in [0.4, 0.5) is 0 Å². The van der Waals surface area contributed by atoms with E-state index in [1.807, 2.05) is 18.2 Å². The third-order valence-corrected chi connectivity index (χ3v) is 2.74. The molecule has 0 saturated carbocycles. The predicted molar refractivity (Wildman–Crippen MR) is 70.1 cm³/mol. The zero-order valence-corrected chi connectivity index (χ0v) is 10.3. The van der Waals surface area contributed by atoms with Crippen molar-refractivity contribution >= 4 is 5.84 Å². The van der Waals surface area contributed by atoms with E-state index in [0.717, 1.165) is 19.4 Å². The van der Waals surface area contributed by atoms with Crippen molar-refractivity contribution in [2.45, 2.75) is 32.2 Å². The van der Waals surface area contributed by atoms with Crippen molar-refractivity contribution in [1.29, 1.82) is 0 Å². The van der Waals surface area contributed by atoms with Crippen molar-refractivity contribution in [1.82, 2.24) is 5.32 Å². The van der Waals surface area contributed by atoms with Crippen molar-refractivity contribution in [3.8, 4) is 0 Å². The summed E-state index contributed by atoms with van der Waals surface area (Å²) in [5, 5.41) is 14.8. The molecule has 0 radical (unpaired) electrons. The van der Waals surface area contributed by atoms with Gasteiger partial charge >= 0.3 is 0 Å². The van der Waals surface area contributed by atoms with E-state index >= 15 is 0 Å². The zero-order valence-electron chi connectivity index (χ0n) is 10.3. The average molecular weight is 235 g/mol. The molecule has 1 aromatic rings. The summed E-state index contributed by atoms with van der Waals surface area (Å²) < 4.78 is 0. The molecular weight excluding hydrogens is 214 g/mol. The Kier molecular flexibility index (Phi) is 6.10. The van der Waals surface area contributed by atoms with Crippen LogP contribution in [-0.2, 0) is 0 Å². The molecule has 0 aliphatic rings. The molecule has 0 fully saturated rings. The highest BCUT2D eigenvalue weighted by Crippen LogP contribution is 2.10. The van der Waals surface area contributed by atoms with Crippen molar-refractivity contribution in [3.63, 3.8) is 0 Å². The lowest BCUT2D eigenvalue weighted by molar-refractivity contribution is 0.316. The van der Waals surface area contributed by atoms with Crippen LogP contribution in [0.1, 0.15) is 37.8 Å². The van der Waals surface area contributed by atoms with E-state index in [9.17, 15) is 0 Å². The van der Waals surface area contributed by atoms with Gasteiger partial charge in [0.1, 0.15) is 5.84 Å². The second-order valence-corrected chi connectivity index (χ2v) is 4.13. The molecule has 1 atom stereocenters. The summed E-state index contributed by atoms with van der Waals surface area (Å²) in [6.07, 6.45) is 2.61. The topological polar surface area (TPSA) is 70.6 Å². The molecule has 4 N–H and O–H groups in total. The van der Waals surface area contributed by atoms with Gasteiger partial charge in [-0.3, -0.25) is 0 Å². The van der Waals surface area contributed by atoms with Gasteiger partial charge in [0.15, 0.2) is 0 Å². The summed E-state index contributed by atoms with van der Waals surface area (Å²) in [6, 6.07) is 10.7. The maximum Gasteiger partial charge on any atom is 0.139 e. The maximum atomic E-state index is 8.38. The summed E-state index contributed by atoms with van der Waals surface area (Å²) in [7, 11) is 0. The molecule has 1 aromatic carbocycles. The highest BCUT2D eigenvalue weighted by molar-refractivity contribution is 5.79. The number of rotatable bonds is 7. The van der Waals surface area contributed by atoms with Gasteiger partial charge in [-0.25, -0.2) is 0 Å². The van der Waals surface area contributed by atoms with E-state index < -0.39 is 0 Å². The van der Waals surface area contributed by atoms with E-state index in [2.05, 4.69) is 29.5 Å². The SMILES string of the molecule is CC(NCCCCC(N)=NO)c1ccccc1. The van der Waals surface area contributed by atoms with Gasteiger partial charge in [-0.2, -0.15) is 0 Å². The molecule has 0 aliphatic heterocycles. The van der Waals surface area contributed by atoms with Gasteiger partial charge < -0.3 is 16.3 Å². The summed E-state index contributed by atoms with van der Waals surface area (Å²) in [4.78, 5) is 0. The van der Waals surface area contributed by atoms with Crippen LogP contribution in [0.5, 0.6) is 0 Å². The fourth-order valence-electron chi connectivity index (χ4n) is 1.66. The van der Waals surface area contributed by atoms with Crippen LogP contribution in [0.3, 0.4) is 0 Å². The average Bonchev–Trinajstić information content (AvgIpc) is 2.38. The Hall–Kier alpha value is -1.55. The van der Waals surface area contributed by atoms with Gasteiger partial charge in [0.05, 0.1) is 0 Å². The number of hydrogen-bond acceptors (Lipinski definition) is 3. The molecular formula is C13H21N3O. The molecule has 0 bridgehead atoms. The lowest BCUT2D eigenvalue weighted by atomic mass is 10.1. The van der Waals surface area contributed by atoms with E-state index in [1.165, 1.54) is 5.56 Å². The standard InChI is InChI=1S/C13H21N3O/c1-11(12-7-3-2-4-8-12)15-10-6-5-9-13(14)16-17/h2-4,7-8,11,15,17H,5-6,9-10H2,1H3,(H2,14,16). The molecule has 4 heteroatoms. The molecule has 1 rings (SSSR count). The summed E-state index contributed by atoms with van der Waals surface area (Å²) >= 11 is 0. The Labute approximate surface area is 103 Å². The molecule has 4 nitrogen and oxygen atoms in total. The van der Waals surface area contributed by atoms with Crippen molar-refractivity contribution < 1.29 is 5.21 Å². The number of benzene rings is 1. The molecule has 94 valence electrons. The Morgan fingerprint density at radius 1 is 1.35 bits per heavy atom. The Bertz CT molecular complexity index is 338.